The van der Waals surface area contributed by atoms with Crippen molar-refractivity contribution < 1.29 is 28.8 Å². The summed E-state index contributed by atoms with van der Waals surface area (Å²) in [5.74, 6) is -1.16. The van der Waals surface area contributed by atoms with Crippen molar-refractivity contribution in [1.29, 1.82) is 0 Å². The Morgan fingerprint density at radius 2 is 1.61 bits per heavy atom. The number of rotatable bonds is 11. The molecule has 1 aliphatic rings. The Hall–Kier alpha value is -3.87. The van der Waals surface area contributed by atoms with Crippen LogP contribution < -0.4 is 27.0 Å². The second-order valence-corrected chi connectivity index (χ2v) is 8.72. The smallest absolute Gasteiger partial charge is 0.337 e. The summed E-state index contributed by atoms with van der Waals surface area (Å²) in [5.41, 5.74) is 6.49. The predicted octanol–water partition coefficient (Wildman–Crippen LogP) is 0.412. The van der Waals surface area contributed by atoms with Crippen molar-refractivity contribution in [2.45, 2.75) is 58.3 Å². The van der Waals surface area contributed by atoms with E-state index < -0.39 is 30.0 Å². The van der Waals surface area contributed by atoms with E-state index in [0.29, 0.717) is 11.6 Å². The van der Waals surface area contributed by atoms with Gasteiger partial charge in [0.2, 0.25) is 0 Å². The standard InChI is InChI=1S/C23H35N7O6/c1-15(24)11-25-21(33)28-16(2)12-26-22(34)29(14-18-7-5-4-6-8-18)17(3)13-27-23(35)36-30-19(31)9-10-20(30)32/h4-8,15-17H,9-14,24H2,1-3H3,(H,26,34)(H,27,35)(H2,25,28,33)/t15-,16+,17-/m0/s1. The van der Waals surface area contributed by atoms with Crippen molar-refractivity contribution in [1.82, 2.24) is 31.2 Å². The Morgan fingerprint density at radius 1 is 0.972 bits per heavy atom. The molecule has 6 N–H and O–H groups in total. The number of benzene rings is 1. The molecule has 1 aromatic carbocycles. The van der Waals surface area contributed by atoms with Crippen molar-refractivity contribution in [2.24, 2.45) is 5.73 Å². The largest absolute Gasteiger partial charge is 0.432 e. The van der Waals surface area contributed by atoms with Gasteiger partial charge in [0, 0.05) is 57.1 Å². The van der Waals surface area contributed by atoms with Crippen LogP contribution in [-0.2, 0) is 21.0 Å². The molecule has 1 heterocycles. The van der Waals surface area contributed by atoms with Crippen LogP contribution in [0.5, 0.6) is 0 Å². The van der Waals surface area contributed by atoms with E-state index in [1.54, 1.807) is 20.8 Å². The van der Waals surface area contributed by atoms with Gasteiger partial charge in [-0.25, -0.2) is 14.4 Å². The van der Waals surface area contributed by atoms with Crippen LogP contribution in [0.2, 0.25) is 0 Å². The average Bonchev–Trinajstić information content (AvgIpc) is 3.15. The molecule has 0 saturated carbocycles. The maximum absolute atomic E-state index is 13.0. The third kappa shape index (κ3) is 9.41. The Balaban J connectivity index is 1.92. The van der Waals surface area contributed by atoms with Crippen LogP contribution in [0.4, 0.5) is 14.4 Å². The molecule has 1 aromatic rings. The number of urea groups is 2. The average molecular weight is 506 g/mol. The number of hydrogen-bond acceptors (Lipinski definition) is 7. The quantitative estimate of drug-likeness (QED) is 0.271. The fraction of sp³-hybridized carbons (Fsp3) is 0.522. The van der Waals surface area contributed by atoms with Crippen LogP contribution in [0.25, 0.3) is 0 Å². The summed E-state index contributed by atoms with van der Waals surface area (Å²) >= 11 is 0. The van der Waals surface area contributed by atoms with Crippen molar-refractivity contribution in [3.05, 3.63) is 35.9 Å². The van der Waals surface area contributed by atoms with Crippen LogP contribution in [0.1, 0.15) is 39.2 Å². The molecule has 198 valence electrons. The summed E-state index contributed by atoms with van der Waals surface area (Å²) in [6.07, 6.45) is -0.982. The molecule has 0 aromatic heterocycles. The van der Waals surface area contributed by atoms with Crippen LogP contribution in [-0.4, -0.2) is 77.7 Å². The highest BCUT2D eigenvalue weighted by Gasteiger charge is 2.33. The highest BCUT2D eigenvalue weighted by atomic mass is 16.7. The minimum atomic E-state index is -0.971. The van der Waals surface area contributed by atoms with Gasteiger partial charge in [0.05, 0.1) is 0 Å². The molecule has 13 nitrogen and oxygen atoms in total. The summed E-state index contributed by atoms with van der Waals surface area (Å²) in [7, 11) is 0. The molecule has 0 radical (unpaired) electrons. The first-order chi connectivity index (χ1) is 17.1. The number of nitrogens with zero attached hydrogens (tertiary/aromatic N) is 2. The SMILES string of the molecule is C[C@H](N)CNC(=O)N[C@H](C)CNC(=O)N(Cc1ccccc1)[C@@H](C)CNC(=O)ON1C(=O)CCC1=O. The number of nitrogens with one attached hydrogen (secondary N) is 4. The van der Waals surface area contributed by atoms with E-state index in [-0.39, 0.29) is 50.6 Å². The first-order valence-corrected chi connectivity index (χ1v) is 11.8. The first kappa shape index (κ1) is 28.4. The Labute approximate surface area is 210 Å². The van der Waals surface area contributed by atoms with Gasteiger partial charge in [-0.3, -0.25) is 9.59 Å². The number of nitrogens with two attached hydrogens (primary N) is 1. The number of amides is 7. The molecule has 13 heteroatoms. The maximum atomic E-state index is 13.0. The fourth-order valence-electron chi connectivity index (χ4n) is 3.24. The monoisotopic (exact) mass is 505 g/mol. The van der Waals surface area contributed by atoms with E-state index in [9.17, 15) is 24.0 Å². The number of hydroxylamine groups is 2. The van der Waals surface area contributed by atoms with Gasteiger partial charge in [0.25, 0.3) is 11.8 Å². The van der Waals surface area contributed by atoms with Gasteiger partial charge in [-0.05, 0) is 26.3 Å². The van der Waals surface area contributed by atoms with Gasteiger partial charge in [-0.15, -0.1) is 5.06 Å². The molecule has 3 atom stereocenters. The molecule has 1 saturated heterocycles. The number of hydrogen-bond donors (Lipinski definition) is 5. The van der Waals surface area contributed by atoms with E-state index in [1.165, 1.54) is 4.90 Å². The third-order valence-corrected chi connectivity index (χ3v) is 5.23. The lowest BCUT2D eigenvalue weighted by Gasteiger charge is -2.30. The lowest BCUT2D eigenvalue weighted by Crippen LogP contribution is -2.52. The molecular weight excluding hydrogens is 470 g/mol. The normalized spacial score (nSPS) is 15.5. The number of carbonyl (C=O) groups excluding carboxylic acids is 5. The van der Waals surface area contributed by atoms with Crippen molar-refractivity contribution in [3.8, 4) is 0 Å². The molecule has 0 bridgehead atoms. The van der Waals surface area contributed by atoms with Gasteiger partial charge >= 0.3 is 18.2 Å². The zero-order chi connectivity index (χ0) is 26.7. The summed E-state index contributed by atoms with van der Waals surface area (Å²) in [6.45, 7) is 5.99. The molecular formula is C23H35N7O6. The Kier molecular flexibility index (Phi) is 10.9. The van der Waals surface area contributed by atoms with Crippen molar-refractivity contribution in [3.63, 3.8) is 0 Å². The summed E-state index contributed by atoms with van der Waals surface area (Å²) in [4.78, 5) is 66.6. The van der Waals surface area contributed by atoms with E-state index in [2.05, 4.69) is 21.3 Å². The number of carbonyl (C=O) groups is 5. The van der Waals surface area contributed by atoms with Crippen LogP contribution >= 0.6 is 0 Å². The third-order valence-electron chi connectivity index (χ3n) is 5.23. The van der Waals surface area contributed by atoms with Crippen LogP contribution in [0.15, 0.2) is 30.3 Å². The fourth-order valence-corrected chi connectivity index (χ4v) is 3.24. The van der Waals surface area contributed by atoms with E-state index in [1.807, 2.05) is 30.3 Å². The zero-order valence-corrected chi connectivity index (χ0v) is 20.8. The summed E-state index contributed by atoms with van der Waals surface area (Å²) < 4.78 is 0. The molecule has 1 fully saturated rings. The molecule has 0 unspecified atom stereocenters. The minimum absolute atomic E-state index is 0.00277. The summed E-state index contributed by atoms with van der Waals surface area (Å²) in [6, 6.07) is 7.47. The summed E-state index contributed by atoms with van der Waals surface area (Å²) in [5, 5.41) is 11.1. The maximum Gasteiger partial charge on any atom is 0.432 e. The molecule has 0 aliphatic carbocycles. The van der Waals surface area contributed by atoms with E-state index in [0.717, 1.165) is 5.56 Å². The molecule has 36 heavy (non-hydrogen) atoms. The molecule has 7 amide bonds. The second-order valence-electron chi connectivity index (χ2n) is 8.72. The van der Waals surface area contributed by atoms with Gasteiger partial charge in [0.15, 0.2) is 0 Å². The highest BCUT2D eigenvalue weighted by Crippen LogP contribution is 2.12. The Morgan fingerprint density at radius 3 is 2.22 bits per heavy atom. The van der Waals surface area contributed by atoms with Crippen LogP contribution in [0, 0.1) is 0 Å². The molecule has 0 spiro atoms. The molecule has 2 rings (SSSR count). The highest BCUT2D eigenvalue weighted by molar-refractivity contribution is 6.01. The minimum Gasteiger partial charge on any atom is -0.337 e. The molecule has 1 aliphatic heterocycles. The van der Waals surface area contributed by atoms with Gasteiger partial charge in [-0.1, -0.05) is 30.3 Å². The van der Waals surface area contributed by atoms with Gasteiger partial charge < -0.3 is 36.7 Å². The number of imide groups is 1. The van der Waals surface area contributed by atoms with Gasteiger partial charge in [-0.2, -0.15) is 0 Å². The second kappa shape index (κ2) is 13.9. The first-order valence-electron chi connectivity index (χ1n) is 11.8. The van der Waals surface area contributed by atoms with E-state index >= 15 is 0 Å². The van der Waals surface area contributed by atoms with Gasteiger partial charge in [0.1, 0.15) is 0 Å². The zero-order valence-electron chi connectivity index (χ0n) is 20.8. The van der Waals surface area contributed by atoms with Crippen LogP contribution in [0.3, 0.4) is 0 Å². The van der Waals surface area contributed by atoms with Crippen molar-refractivity contribution >= 4 is 30.0 Å². The lowest BCUT2D eigenvalue weighted by atomic mass is 10.2. The van der Waals surface area contributed by atoms with E-state index in [4.69, 9.17) is 10.6 Å². The Bertz CT molecular complexity index is 911. The topological polar surface area (TPSA) is 175 Å². The predicted molar refractivity (Wildman–Crippen MR) is 130 cm³/mol. The van der Waals surface area contributed by atoms with Crippen molar-refractivity contribution in [2.75, 3.05) is 19.6 Å². The lowest BCUT2D eigenvalue weighted by molar-refractivity contribution is -0.171.